The number of carbonyl (C=O) groups excluding carboxylic acids is 1. The first-order valence-electron chi connectivity index (χ1n) is 7.61. The van der Waals surface area contributed by atoms with Crippen molar-refractivity contribution in [2.24, 2.45) is 0 Å². The number of allylic oxidation sites excluding steroid dienone is 1. The summed E-state index contributed by atoms with van der Waals surface area (Å²) >= 11 is 2.69. The summed E-state index contributed by atoms with van der Waals surface area (Å²) in [6.45, 7) is 3.93. The van der Waals surface area contributed by atoms with Gasteiger partial charge in [0.2, 0.25) is 5.16 Å². The molecule has 0 saturated carbocycles. The summed E-state index contributed by atoms with van der Waals surface area (Å²) in [7, 11) is 1.87. The highest BCUT2D eigenvalue weighted by molar-refractivity contribution is 8.03. The van der Waals surface area contributed by atoms with E-state index in [2.05, 4.69) is 21.6 Å². The topological polar surface area (TPSA) is 87.7 Å². The summed E-state index contributed by atoms with van der Waals surface area (Å²) in [5, 5.41) is 22.3. The molecule has 1 aliphatic rings. The number of tetrazole rings is 1. The molecule has 0 bridgehead atoms. The average Bonchev–Trinajstić information content (AvgIpc) is 3.20. The van der Waals surface area contributed by atoms with Crippen LogP contribution in [0, 0.1) is 11.3 Å². The molecule has 0 spiro atoms. The standard InChI is InChI=1S/C16H16N6OS2/c1-10(2)22-16(18-19-20-22)24-9-13(23)11(8-17)15-21(3)12-6-4-5-7-14(12)25-15/h4-7,10H,9H2,1-3H3/b15-11-. The Morgan fingerprint density at radius 3 is 2.84 bits per heavy atom. The third-order valence-corrected chi connectivity index (χ3v) is 5.80. The van der Waals surface area contributed by atoms with Gasteiger partial charge in [0.05, 0.1) is 17.5 Å². The molecular formula is C16H16N6OS2. The SMILES string of the molecule is CC(C)n1nnnc1SCC(=O)/C(C#N)=C1\Sc2ccccc2N1C. The van der Waals surface area contributed by atoms with Crippen LogP contribution in [0.15, 0.2) is 44.9 Å². The van der Waals surface area contributed by atoms with Crippen LogP contribution in [0.4, 0.5) is 5.69 Å². The second-order valence-corrected chi connectivity index (χ2v) is 7.61. The summed E-state index contributed by atoms with van der Waals surface area (Å²) in [4.78, 5) is 15.5. The molecule has 0 fully saturated rings. The minimum absolute atomic E-state index is 0.104. The van der Waals surface area contributed by atoms with Gasteiger partial charge < -0.3 is 4.90 Å². The van der Waals surface area contributed by atoms with Gasteiger partial charge in [-0.1, -0.05) is 35.7 Å². The van der Waals surface area contributed by atoms with Gasteiger partial charge in [-0.05, 0) is 36.4 Å². The number of para-hydroxylation sites is 1. The Balaban J connectivity index is 1.79. The van der Waals surface area contributed by atoms with E-state index in [4.69, 9.17) is 0 Å². The number of rotatable bonds is 5. The molecule has 2 aromatic rings. The highest BCUT2D eigenvalue weighted by Gasteiger charge is 2.28. The number of Topliss-reactive ketones (excluding diaryl/α,β-unsaturated/α-hetero) is 1. The summed E-state index contributed by atoms with van der Waals surface area (Å²) in [6, 6.07) is 10.0. The number of benzene rings is 1. The first-order valence-corrected chi connectivity index (χ1v) is 9.42. The highest BCUT2D eigenvalue weighted by atomic mass is 32.2. The Morgan fingerprint density at radius 1 is 1.40 bits per heavy atom. The van der Waals surface area contributed by atoms with Crippen molar-refractivity contribution >= 4 is 35.0 Å². The molecule has 25 heavy (non-hydrogen) atoms. The molecule has 1 aliphatic heterocycles. The van der Waals surface area contributed by atoms with Crippen LogP contribution >= 0.6 is 23.5 Å². The largest absolute Gasteiger partial charge is 0.337 e. The van der Waals surface area contributed by atoms with Gasteiger partial charge in [0.1, 0.15) is 16.7 Å². The normalized spacial score (nSPS) is 15.2. The lowest BCUT2D eigenvalue weighted by atomic mass is 10.2. The van der Waals surface area contributed by atoms with Crippen molar-refractivity contribution in [3.63, 3.8) is 0 Å². The van der Waals surface area contributed by atoms with Crippen LogP contribution < -0.4 is 4.90 Å². The van der Waals surface area contributed by atoms with Gasteiger partial charge in [-0.15, -0.1) is 5.10 Å². The van der Waals surface area contributed by atoms with Gasteiger partial charge in [0, 0.05) is 11.9 Å². The average molecular weight is 372 g/mol. The number of hydrogen-bond acceptors (Lipinski definition) is 8. The van der Waals surface area contributed by atoms with Crippen LogP contribution in [-0.2, 0) is 4.79 Å². The minimum atomic E-state index is -0.229. The van der Waals surface area contributed by atoms with E-state index in [1.807, 2.05) is 50.1 Å². The molecule has 0 aliphatic carbocycles. The quantitative estimate of drug-likeness (QED) is 0.450. The Kier molecular flexibility index (Phi) is 5.11. The second kappa shape index (κ2) is 7.29. The van der Waals surface area contributed by atoms with Gasteiger partial charge in [0.25, 0.3) is 0 Å². The number of hydrogen-bond donors (Lipinski definition) is 0. The van der Waals surface area contributed by atoms with Gasteiger partial charge in [-0.25, -0.2) is 4.68 Å². The Morgan fingerprint density at radius 2 is 2.16 bits per heavy atom. The first kappa shape index (κ1) is 17.5. The van der Waals surface area contributed by atoms with Crippen molar-refractivity contribution in [3.05, 3.63) is 34.9 Å². The first-order chi connectivity index (χ1) is 12.0. The van der Waals surface area contributed by atoms with Crippen LogP contribution in [0.2, 0.25) is 0 Å². The predicted octanol–water partition coefficient (Wildman–Crippen LogP) is 2.89. The molecule has 0 amide bonds. The van der Waals surface area contributed by atoms with Crippen LogP contribution in [0.1, 0.15) is 19.9 Å². The van der Waals surface area contributed by atoms with E-state index in [9.17, 15) is 10.1 Å². The number of thioether (sulfide) groups is 2. The van der Waals surface area contributed by atoms with E-state index in [1.54, 1.807) is 4.68 Å². The minimum Gasteiger partial charge on any atom is -0.337 e. The fraction of sp³-hybridized carbons (Fsp3) is 0.312. The van der Waals surface area contributed by atoms with Crippen LogP contribution in [0.3, 0.4) is 0 Å². The van der Waals surface area contributed by atoms with E-state index in [0.717, 1.165) is 10.6 Å². The molecule has 0 N–H and O–H groups in total. The van der Waals surface area contributed by atoms with Gasteiger partial charge in [-0.3, -0.25) is 4.79 Å². The maximum Gasteiger partial charge on any atom is 0.209 e. The number of carbonyl (C=O) groups is 1. The van der Waals surface area contributed by atoms with E-state index in [0.29, 0.717) is 10.2 Å². The molecule has 1 aromatic carbocycles. The molecule has 128 valence electrons. The lowest BCUT2D eigenvalue weighted by molar-refractivity contribution is -0.112. The van der Waals surface area contributed by atoms with E-state index >= 15 is 0 Å². The van der Waals surface area contributed by atoms with Crippen molar-refractivity contribution in [2.75, 3.05) is 17.7 Å². The molecule has 1 aromatic heterocycles. The molecular weight excluding hydrogens is 356 g/mol. The molecule has 7 nitrogen and oxygen atoms in total. The lowest BCUT2D eigenvalue weighted by Crippen LogP contribution is -2.16. The van der Waals surface area contributed by atoms with Gasteiger partial charge in [0.15, 0.2) is 5.78 Å². The van der Waals surface area contributed by atoms with Crippen molar-refractivity contribution in [1.29, 1.82) is 5.26 Å². The summed E-state index contributed by atoms with van der Waals surface area (Å²) in [5.74, 6) is -0.113. The van der Waals surface area contributed by atoms with Crippen LogP contribution in [-0.4, -0.2) is 38.8 Å². The smallest absolute Gasteiger partial charge is 0.209 e. The number of ketones is 1. The maximum absolute atomic E-state index is 12.6. The Hall–Kier alpha value is -2.31. The molecule has 0 atom stereocenters. The molecule has 3 rings (SSSR count). The van der Waals surface area contributed by atoms with E-state index in [1.165, 1.54) is 23.5 Å². The zero-order chi connectivity index (χ0) is 18.0. The van der Waals surface area contributed by atoms with Crippen molar-refractivity contribution in [3.8, 4) is 6.07 Å². The van der Waals surface area contributed by atoms with E-state index < -0.39 is 0 Å². The molecule has 0 radical (unpaired) electrons. The van der Waals surface area contributed by atoms with Crippen molar-refractivity contribution in [2.45, 2.75) is 29.9 Å². The predicted molar refractivity (Wildman–Crippen MR) is 97.3 cm³/mol. The number of fused-ring (bicyclic) bond motifs is 1. The van der Waals surface area contributed by atoms with Crippen LogP contribution in [0.25, 0.3) is 0 Å². The maximum atomic E-state index is 12.6. The van der Waals surface area contributed by atoms with E-state index in [-0.39, 0.29) is 23.2 Å². The third-order valence-electron chi connectivity index (χ3n) is 3.63. The molecule has 0 unspecified atom stereocenters. The number of nitrogens with zero attached hydrogens (tertiary/aromatic N) is 6. The fourth-order valence-electron chi connectivity index (χ4n) is 2.36. The highest BCUT2D eigenvalue weighted by Crippen LogP contribution is 2.46. The molecule has 0 saturated heterocycles. The summed E-state index contributed by atoms with van der Waals surface area (Å²) < 4.78 is 1.66. The number of anilines is 1. The Labute approximate surface area is 154 Å². The second-order valence-electron chi connectivity index (χ2n) is 5.63. The molecule has 2 heterocycles. The van der Waals surface area contributed by atoms with Crippen molar-refractivity contribution < 1.29 is 4.79 Å². The monoisotopic (exact) mass is 372 g/mol. The molecule has 9 heteroatoms. The fourth-order valence-corrected chi connectivity index (χ4v) is 4.40. The lowest BCUT2D eigenvalue weighted by Gasteiger charge is -2.14. The zero-order valence-corrected chi connectivity index (χ0v) is 15.6. The van der Waals surface area contributed by atoms with Crippen LogP contribution in [0.5, 0.6) is 0 Å². The Bertz CT molecular complexity index is 883. The van der Waals surface area contributed by atoms with Crippen molar-refractivity contribution in [1.82, 2.24) is 20.2 Å². The number of aromatic nitrogens is 4. The van der Waals surface area contributed by atoms with Gasteiger partial charge >= 0.3 is 0 Å². The third kappa shape index (κ3) is 3.41. The van der Waals surface area contributed by atoms with Gasteiger partial charge in [-0.2, -0.15) is 5.26 Å². The number of nitriles is 1. The summed E-state index contributed by atoms with van der Waals surface area (Å²) in [5.41, 5.74) is 1.17. The summed E-state index contributed by atoms with van der Waals surface area (Å²) in [6.07, 6.45) is 0. The zero-order valence-electron chi connectivity index (χ0n) is 14.0.